The van der Waals surface area contributed by atoms with E-state index in [1.165, 1.54) is 17.0 Å². The molecule has 3 rings (SSSR count). The molecule has 0 unspecified atom stereocenters. The van der Waals surface area contributed by atoms with Crippen LogP contribution in [-0.2, 0) is 0 Å². The lowest BCUT2D eigenvalue weighted by Gasteiger charge is -2.02. The second-order valence-electron chi connectivity index (χ2n) is 5.09. The van der Waals surface area contributed by atoms with Crippen molar-refractivity contribution < 1.29 is 4.92 Å². The first-order valence-corrected chi connectivity index (χ1v) is 7.49. The second-order valence-corrected chi connectivity index (χ2v) is 5.48. The molecule has 0 aliphatic carbocycles. The molecular weight excluding hydrogens is 326 g/mol. The predicted octanol–water partition coefficient (Wildman–Crippen LogP) is 3.71. The normalized spacial score (nSPS) is 11.0. The Morgan fingerprint density at radius 3 is 2.67 bits per heavy atom. The van der Waals surface area contributed by atoms with Crippen LogP contribution in [0.15, 0.2) is 53.6 Å². The number of aryl methyl sites for hydroxylation is 1. The van der Waals surface area contributed by atoms with Gasteiger partial charge in [-0.3, -0.25) is 10.1 Å². The van der Waals surface area contributed by atoms with Crippen LogP contribution in [0.5, 0.6) is 0 Å². The fourth-order valence-electron chi connectivity index (χ4n) is 2.17. The van der Waals surface area contributed by atoms with Crippen molar-refractivity contribution in [1.29, 1.82) is 0 Å². The van der Waals surface area contributed by atoms with Crippen molar-refractivity contribution in [3.05, 3.63) is 74.5 Å². The number of hydrogen-bond acceptors (Lipinski definition) is 5. The van der Waals surface area contributed by atoms with E-state index < -0.39 is 4.92 Å². The smallest absolute Gasteiger partial charge is 0.258 e. The highest BCUT2D eigenvalue weighted by Crippen LogP contribution is 2.19. The van der Waals surface area contributed by atoms with Gasteiger partial charge in [0.1, 0.15) is 0 Å². The van der Waals surface area contributed by atoms with Crippen LogP contribution in [0.2, 0.25) is 0 Å². The van der Waals surface area contributed by atoms with Crippen molar-refractivity contribution in [2.75, 3.05) is 0 Å². The fraction of sp³-hybridized carbons (Fsp3) is 0.0625. The number of nitro benzene ring substituents is 1. The topological polar surface area (TPSA) is 89.1 Å². The lowest BCUT2D eigenvalue weighted by molar-refractivity contribution is -0.385. The lowest BCUT2D eigenvalue weighted by Crippen LogP contribution is -1.98. The summed E-state index contributed by atoms with van der Waals surface area (Å²) in [4.78, 5) is 10.6. The van der Waals surface area contributed by atoms with E-state index in [-0.39, 0.29) is 5.69 Å². The molecule has 1 aromatic heterocycles. The molecule has 1 N–H and O–H groups in total. The number of para-hydroxylation sites is 1. The highest BCUT2D eigenvalue weighted by atomic mass is 32.1. The highest BCUT2D eigenvalue weighted by molar-refractivity contribution is 7.71. The molecule has 120 valence electrons. The molecular formula is C16H13N5O2S. The van der Waals surface area contributed by atoms with Gasteiger partial charge in [0.25, 0.3) is 5.69 Å². The Labute approximate surface area is 142 Å². The summed E-state index contributed by atoms with van der Waals surface area (Å²) in [6, 6.07) is 14.1. The Hall–Kier alpha value is -3.13. The molecule has 0 aliphatic heterocycles. The van der Waals surface area contributed by atoms with Gasteiger partial charge in [-0.25, -0.2) is 5.10 Å². The molecule has 1 heterocycles. The van der Waals surface area contributed by atoms with E-state index in [1.54, 1.807) is 18.2 Å². The number of nitrogens with zero attached hydrogens (tertiary/aromatic N) is 4. The van der Waals surface area contributed by atoms with Crippen molar-refractivity contribution in [3.63, 3.8) is 0 Å². The molecule has 7 nitrogen and oxygen atoms in total. The Morgan fingerprint density at radius 1 is 1.25 bits per heavy atom. The summed E-state index contributed by atoms with van der Waals surface area (Å²) in [5.41, 5.74) is 2.34. The maximum atomic E-state index is 11.1. The molecule has 0 atom stereocenters. The van der Waals surface area contributed by atoms with Gasteiger partial charge in [-0.2, -0.15) is 14.9 Å². The molecule has 0 bridgehead atoms. The summed E-state index contributed by atoms with van der Waals surface area (Å²) in [6.45, 7) is 1.99. The van der Waals surface area contributed by atoms with Crippen molar-refractivity contribution in [1.82, 2.24) is 14.9 Å². The van der Waals surface area contributed by atoms with Gasteiger partial charge in [-0.15, -0.1) is 0 Å². The number of H-pyrrole nitrogens is 1. The van der Waals surface area contributed by atoms with Gasteiger partial charge in [0.2, 0.25) is 4.77 Å². The SMILES string of the molecule is Cc1ccc(-c2n[nH]c(=S)n2/N=C\c2ccccc2[N+](=O)[O-])cc1. The molecule has 2 aromatic carbocycles. The molecule has 3 aromatic rings. The van der Waals surface area contributed by atoms with Gasteiger partial charge in [-0.1, -0.05) is 42.0 Å². The van der Waals surface area contributed by atoms with Crippen molar-refractivity contribution in [2.45, 2.75) is 6.92 Å². The minimum atomic E-state index is -0.448. The predicted molar refractivity (Wildman–Crippen MR) is 93.7 cm³/mol. The molecule has 0 radical (unpaired) electrons. The van der Waals surface area contributed by atoms with Gasteiger partial charge in [-0.05, 0) is 25.2 Å². The van der Waals surface area contributed by atoms with Gasteiger partial charge in [0, 0.05) is 11.6 Å². The monoisotopic (exact) mass is 339 g/mol. The third-order valence-electron chi connectivity index (χ3n) is 3.41. The van der Waals surface area contributed by atoms with Crippen molar-refractivity contribution in [3.8, 4) is 11.4 Å². The molecule has 24 heavy (non-hydrogen) atoms. The molecule has 0 aliphatic rings. The quantitative estimate of drug-likeness (QED) is 0.340. The third-order valence-corrected chi connectivity index (χ3v) is 3.67. The van der Waals surface area contributed by atoms with E-state index >= 15 is 0 Å². The standard InChI is InChI=1S/C16H13N5O2S/c1-11-6-8-12(9-7-11)15-18-19-16(24)20(15)17-10-13-4-2-3-5-14(13)21(22)23/h2-10H,1H3,(H,19,24)/b17-10-. The zero-order chi connectivity index (χ0) is 17.1. The Morgan fingerprint density at radius 2 is 1.96 bits per heavy atom. The number of nitro groups is 1. The van der Waals surface area contributed by atoms with E-state index in [0.717, 1.165) is 11.1 Å². The van der Waals surface area contributed by atoms with E-state index in [1.807, 2.05) is 31.2 Å². The van der Waals surface area contributed by atoms with Crippen molar-refractivity contribution >= 4 is 24.1 Å². The summed E-state index contributed by atoms with van der Waals surface area (Å²) >= 11 is 5.20. The number of aromatic amines is 1. The van der Waals surface area contributed by atoms with Gasteiger partial charge >= 0.3 is 0 Å². The highest BCUT2D eigenvalue weighted by Gasteiger charge is 2.11. The van der Waals surface area contributed by atoms with E-state index in [9.17, 15) is 10.1 Å². The van der Waals surface area contributed by atoms with Crippen LogP contribution in [0, 0.1) is 21.8 Å². The van der Waals surface area contributed by atoms with Crippen LogP contribution < -0.4 is 0 Å². The third kappa shape index (κ3) is 3.13. The van der Waals surface area contributed by atoms with Gasteiger partial charge < -0.3 is 0 Å². The minimum absolute atomic E-state index is 0.0202. The molecule has 0 spiro atoms. The minimum Gasteiger partial charge on any atom is -0.258 e. The van der Waals surface area contributed by atoms with Crippen LogP contribution in [0.4, 0.5) is 5.69 Å². The van der Waals surface area contributed by atoms with E-state index in [0.29, 0.717) is 16.2 Å². The summed E-state index contributed by atoms with van der Waals surface area (Å²) in [7, 11) is 0. The first kappa shape index (κ1) is 15.8. The molecule has 0 fully saturated rings. The largest absolute Gasteiger partial charge is 0.278 e. The Bertz CT molecular complexity index is 973. The van der Waals surface area contributed by atoms with E-state index in [2.05, 4.69) is 15.3 Å². The molecule has 0 amide bonds. The van der Waals surface area contributed by atoms with Crippen LogP contribution >= 0.6 is 12.2 Å². The van der Waals surface area contributed by atoms with Crippen LogP contribution in [0.3, 0.4) is 0 Å². The number of nitrogens with one attached hydrogen (secondary N) is 1. The molecule has 8 heteroatoms. The zero-order valence-electron chi connectivity index (χ0n) is 12.7. The summed E-state index contributed by atoms with van der Waals surface area (Å²) in [5, 5.41) is 22.2. The van der Waals surface area contributed by atoms with E-state index in [4.69, 9.17) is 12.2 Å². The van der Waals surface area contributed by atoms with Crippen LogP contribution in [0.25, 0.3) is 11.4 Å². The second kappa shape index (κ2) is 6.55. The maximum Gasteiger partial charge on any atom is 0.278 e. The van der Waals surface area contributed by atoms with Gasteiger partial charge in [0.05, 0.1) is 16.7 Å². The average Bonchev–Trinajstić information content (AvgIpc) is 2.94. The molecule has 0 saturated carbocycles. The number of aromatic nitrogens is 3. The average molecular weight is 339 g/mol. The lowest BCUT2D eigenvalue weighted by atomic mass is 10.1. The van der Waals surface area contributed by atoms with Crippen molar-refractivity contribution in [2.24, 2.45) is 5.10 Å². The first-order valence-electron chi connectivity index (χ1n) is 7.08. The molecule has 0 saturated heterocycles. The summed E-state index contributed by atoms with van der Waals surface area (Å²) < 4.78 is 1.75. The fourth-order valence-corrected chi connectivity index (χ4v) is 2.35. The van der Waals surface area contributed by atoms with Crippen LogP contribution in [-0.4, -0.2) is 26.0 Å². The first-order chi connectivity index (χ1) is 11.6. The Balaban J connectivity index is 2.03. The number of hydrogen-bond donors (Lipinski definition) is 1. The summed E-state index contributed by atoms with van der Waals surface area (Å²) in [6.07, 6.45) is 1.40. The Kier molecular flexibility index (Phi) is 4.30. The maximum absolute atomic E-state index is 11.1. The van der Waals surface area contributed by atoms with Gasteiger partial charge in [0.15, 0.2) is 5.82 Å². The summed E-state index contributed by atoms with van der Waals surface area (Å²) in [5.74, 6) is 0.537. The van der Waals surface area contributed by atoms with Crippen LogP contribution in [0.1, 0.15) is 11.1 Å². The number of rotatable bonds is 4. The number of benzene rings is 2. The zero-order valence-corrected chi connectivity index (χ0v) is 13.5.